The normalized spacial score (nSPS) is 13.9. The summed E-state index contributed by atoms with van der Waals surface area (Å²) in [7, 11) is 0. The first-order valence-electron chi connectivity index (χ1n) is 4.81. The number of halogens is 2. The Labute approximate surface area is 105 Å². The summed E-state index contributed by atoms with van der Waals surface area (Å²) in [5.41, 5.74) is -0.567. The third-order valence-corrected chi connectivity index (χ3v) is 3.00. The lowest BCUT2D eigenvalue weighted by Gasteiger charge is -2.23. The van der Waals surface area contributed by atoms with Gasteiger partial charge in [-0.25, -0.2) is 0 Å². The van der Waals surface area contributed by atoms with Crippen LogP contribution in [0.2, 0.25) is 5.02 Å². The molecule has 0 amide bonds. The summed E-state index contributed by atoms with van der Waals surface area (Å²) in [5.74, 6) is 0.0394. The predicted molar refractivity (Wildman–Crippen MR) is 64.8 cm³/mol. The molecular weight excluding hydrogens is 245 g/mol. The Morgan fingerprint density at radius 1 is 1.56 bits per heavy atom. The zero-order chi connectivity index (χ0) is 12.2. The number of rotatable bonds is 4. The Balaban J connectivity index is 3.31. The molecule has 0 heterocycles. The van der Waals surface area contributed by atoms with Crippen molar-refractivity contribution in [1.82, 2.24) is 0 Å². The van der Waals surface area contributed by atoms with Crippen molar-refractivity contribution in [3.63, 3.8) is 0 Å². The molecule has 0 N–H and O–H groups in total. The van der Waals surface area contributed by atoms with E-state index in [-0.39, 0.29) is 11.7 Å². The van der Waals surface area contributed by atoms with Crippen LogP contribution in [-0.2, 0) is 10.2 Å². The van der Waals surface area contributed by atoms with Crippen LogP contribution in [-0.4, -0.2) is 11.7 Å². The Kier molecular flexibility index (Phi) is 4.35. The molecule has 0 saturated heterocycles. The van der Waals surface area contributed by atoms with E-state index in [1.54, 1.807) is 24.3 Å². The summed E-state index contributed by atoms with van der Waals surface area (Å²) in [4.78, 5) is 11.7. The van der Waals surface area contributed by atoms with Gasteiger partial charge in [0.2, 0.25) is 0 Å². The van der Waals surface area contributed by atoms with Crippen molar-refractivity contribution in [2.75, 3.05) is 5.88 Å². The first-order chi connectivity index (χ1) is 7.56. The quantitative estimate of drug-likeness (QED) is 0.775. The maximum Gasteiger partial charge on any atom is 0.154 e. The topological polar surface area (TPSA) is 40.9 Å². The molecule has 1 aromatic carbocycles. The van der Waals surface area contributed by atoms with E-state index in [4.69, 9.17) is 23.2 Å². The molecule has 1 rings (SSSR count). The third kappa shape index (κ3) is 2.37. The molecule has 1 unspecified atom stereocenters. The van der Waals surface area contributed by atoms with Crippen molar-refractivity contribution in [2.24, 2.45) is 0 Å². The lowest BCUT2D eigenvalue weighted by atomic mass is 9.76. The number of alkyl halides is 1. The molecule has 0 bridgehead atoms. The summed E-state index contributed by atoms with van der Waals surface area (Å²) in [5, 5.41) is 9.76. The number of hydrogen-bond acceptors (Lipinski definition) is 2. The number of ketones is 1. The van der Waals surface area contributed by atoms with Crippen LogP contribution in [0.3, 0.4) is 0 Å². The fourth-order valence-electron chi connectivity index (χ4n) is 1.62. The smallest absolute Gasteiger partial charge is 0.154 e. The number of hydrogen-bond donors (Lipinski definition) is 0. The van der Waals surface area contributed by atoms with Gasteiger partial charge in [0.25, 0.3) is 0 Å². The SMILES string of the molecule is CC(=O)C(C#N)(CCCl)c1cccc(Cl)c1. The van der Waals surface area contributed by atoms with Crippen LogP contribution < -0.4 is 0 Å². The first kappa shape index (κ1) is 13.0. The molecule has 0 saturated carbocycles. The van der Waals surface area contributed by atoms with Crippen molar-refractivity contribution >= 4 is 29.0 Å². The Morgan fingerprint density at radius 2 is 2.25 bits per heavy atom. The van der Waals surface area contributed by atoms with E-state index >= 15 is 0 Å². The summed E-state index contributed by atoms with van der Waals surface area (Å²) >= 11 is 11.5. The minimum absolute atomic E-state index is 0.210. The fourth-order valence-corrected chi connectivity index (χ4v) is 2.09. The van der Waals surface area contributed by atoms with Gasteiger partial charge in [-0.1, -0.05) is 23.7 Å². The van der Waals surface area contributed by atoms with Gasteiger partial charge in [0.05, 0.1) is 6.07 Å². The summed E-state index contributed by atoms with van der Waals surface area (Å²) < 4.78 is 0. The Hall–Kier alpha value is -1.04. The number of carbonyl (C=O) groups excluding carboxylic acids is 1. The van der Waals surface area contributed by atoms with Crippen molar-refractivity contribution in [2.45, 2.75) is 18.8 Å². The van der Waals surface area contributed by atoms with Gasteiger partial charge in [-0.2, -0.15) is 5.26 Å². The standard InChI is InChI=1S/C12H11Cl2NO/c1-9(16)12(8-15,5-6-13)10-3-2-4-11(14)7-10/h2-4,7H,5-6H2,1H3. The largest absolute Gasteiger partial charge is 0.298 e. The fraction of sp³-hybridized carbons (Fsp3) is 0.333. The van der Waals surface area contributed by atoms with Gasteiger partial charge >= 0.3 is 0 Å². The van der Waals surface area contributed by atoms with Crippen LogP contribution in [0.25, 0.3) is 0 Å². The molecule has 0 aromatic heterocycles. The second-order valence-corrected chi connectivity index (χ2v) is 4.34. The Morgan fingerprint density at radius 3 is 2.69 bits per heavy atom. The summed E-state index contributed by atoms with van der Waals surface area (Å²) in [6.45, 7) is 1.40. The van der Waals surface area contributed by atoms with Crippen LogP contribution in [0.5, 0.6) is 0 Å². The van der Waals surface area contributed by atoms with E-state index in [9.17, 15) is 10.1 Å². The van der Waals surface area contributed by atoms with Crippen LogP contribution in [0, 0.1) is 11.3 Å². The van der Waals surface area contributed by atoms with Gasteiger partial charge in [0.1, 0.15) is 5.41 Å². The maximum absolute atomic E-state index is 11.7. The van der Waals surface area contributed by atoms with E-state index in [1.807, 2.05) is 0 Å². The lowest BCUT2D eigenvalue weighted by Crippen LogP contribution is -2.33. The highest BCUT2D eigenvalue weighted by molar-refractivity contribution is 6.30. The van der Waals surface area contributed by atoms with Gasteiger partial charge < -0.3 is 0 Å². The molecule has 16 heavy (non-hydrogen) atoms. The molecule has 4 heteroatoms. The summed E-state index contributed by atoms with van der Waals surface area (Å²) in [6, 6.07) is 8.86. The molecule has 2 nitrogen and oxygen atoms in total. The van der Waals surface area contributed by atoms with E-state index in [1.165, 1.54) is 6.92 Å². The monoisotopic (exact) mass is 255 g/mol. The number of nitriles is 1. The minimum Gasteiger partial charge on any atom is -0.298 e. The van der Waals surface area contributed by atoms with Crippen molar-refractivity contribution < 1.29 is 4.79 Å². The molecular formula is C12H11Cl2NO. The molecule has 0 spiro atoms. The van der Waals surface area contributed by atoms with Crippen LogP contribution in [0.15, 0.2) is 24.3 Å². The lowest BCUT2D eigenvalue weighted by molar-refractivity contribution is -0.120. The van der Waals surface area contributed by atoms with Crippen LogP contribution in [0.4, 0.5) is 0 Å². The number of benzene rings is 1. The molecule has 0 fully saturated rings. The molecule has 0 aliphatic carbocycles. The zero-order valence-corrected chi connectivity index (χ0v) is 10.3. The summed E-state index contributed by atoms with van der Waals surface area (Å²) in [6.07, 6.45) is 0.292. The number of nitrogens with zero attached hydrogens (tertiary/aromatic N) is 1. The van der Waals surface area contributed by atoms with Crippen LogP contribution in [0.1, 0.15) is 18.9 Å². The average Bonchev–Trinajstić information content (AvgIpc) is 2.25. The molecule has 84 valence electrons. The highest BCUT2D eigenvalue weighted by Gasteiger charge is 2.37. The van der Waals surface area contributed by atoms with Crippen molar-refractivity contribution in [1.29, 1.82) is 5.26 Å². The zero-order valence-electron chi connectivity index (χ0n) is 8.84. The van der Waals surface area contributed by atoms with E-state index in [0.29, 0.717) is 17.0 Å². The van der Waals surface area contributed by atoms with Gasteiger partial charge in [0.15, 0.2) is 5.78 Å². The van der Waals surface area contributed by atoms with Crippen molar-refractivity contribution in [3.05, 3.63) is 34.9 Å². The van der Waals surface area contributed by atoms with Gasteiger partial charge in [-0.15, -0.1) is 11.6 Å². The molecule has 0 radical (unpaired) electrons. The predicted octanol–water partition coefficient (Wildman–Crippen LogP) is 3.32. The van der Waals surface area contributed by atoms with E-state index in [0.717, 1.165) is 0 Å². The Bertz CT molecular complexity index is 439. The molecule has 1 atom stereocenters. The number of Topliss-reactive ketones (excluding diaryl/α,β-unsaturated/α-hetero) is 1. The molecule has 0 aliphatic heterocycles. The van der Waals surface area contributed by atoms with E-state index in [2.05, 4.69) is 6.07 Å². The third-order valence-electron chi connectivity index (χ3n) is 2.58. The number of carbonyl (C=O) groups is 1. The van der Waals surface area contributed by atoms with Gasteiger partial charge in [-0.3, -0.25) is 4.79 Å². The molecule has 0 aliphatic rings. The van der Waals surface area contributed by atoms with Crippen LogP contribution >= 0.6 is 23.2 Å². The molecule has 1 aromatic rings. The highest BCUT2D eigenvalue weighted by atomic mass is 35.5. The maximum atomic E-state index is 11.7. The van der Waals surface area contributed by atoms with Crippen molar-refractivity contribution in [3.8, 4) is 6.07 Å². The average molecular weight is 256 g/mol. The second kappa shape index (κ2) is 5.34. The highest BCUT2D eigenvalue weighted by Crippen LogP contribution is 2.30. The second-order valence-electron chi connectivity index (χ2n) is 3.52. The first-order valence-corrected chi connectivity index (χ1v) is 5.72. The van der Waals surface area contributed by atoms with Gasteiger partial charge in [-0.05, 0) is 31.0 Å². The van der Waals surface area contributed by atoms with E-state index < -0.39 is 5.41 Å². The minimum atomic E-state index is -1.17. The van der Waals surface area contributed by atoms with Gasteiger partial charge in [0, 0.05) is 10.9 Å².